The van der Waals surface area contributed by atoms with Crippen LogP contribution < -0.4 is 5.32 Å². The van der Waals surface area contributed by atoms with E-state index in [1.54, 1.807) is 18.2 Å². The van der Waals surface area contributed by atoms with E-state index in [0.717, 1.165) is 12.1 Å². The lowest BCUT2D eigenvalue weighted by Crippen LogP contribution is -2.49. The lowest BCUT2D eigenvalue weighted by molar-refractivity contribution is -0.137. The SMILES string of the molecule is CNCC1CN(C(=O)Cc2cccc(O)c2)CCO1. The minimum absolute atomic E-state index is 0.0619. The molecule has 1 aliphatic heterocycles. The number of benzene rings is 1. The van der Waals surface area contributed by atoms with E-state index >= 15 is 0 Å². The first-order chi connectivity index (χ1) is 9.19. The fourth-order valence-electron chi connectivity index (χ4n) is 2.25. The summed E-state index contributed by atoms with van der Waals surface area (Å²) in [6, 6.07) is 6.83. The van der Waals surface area contributed by atoms with Gasteiger partial charge in [-0.15, -0.1) is 0 Å². The van der Waals surface area contributed by atoms with Gasteiger partial charge in [-0.25, -0.2) is 0 Å². The molecule has 1 heterocycles. The zero-order chi connectivity index (χ0) is 13.7. The molecule has 0 aliphatic carbocycles. The summed E-state index contributed by atoms with van der Waals surface area (Å²) in [6.07, 6.45) is 0.382. The Bertz CT molecular complexity index is 434. The van der Waals surface area contributed by atoms with Gasteiger partial charge in [-0.05, 0) is 24.7 Å². The van der Waals surface area contributed by atoms with E-state index in [-0.39, 0.29) is 17.8 Å². The van der Waals surface area contributed by atoms with Gasteiger partial charge >= 0.3 is 0 Å². The Morgan fingerprint density at radius 3 is 3.16 bits per heavy atom. The number of hydrogen-bond donors (Lipinski definition) is 2. The largest absolute Gasteiger partial charge is 0.508 e. The average molecular weight is 264 g/mol. The number of aromatic hydroxyl groups is 1. The van der Waals surface area contributed by atoms with Crippen LogP contribution in [-0.4, -0.2) is 55.3 Å². The smallest absolute Gasteiger partial charge is 0.227 e. The predicted molar refractivity (Wildman–Crippen MR) is 72.1 cm³/mol. The van der Waals surface area contributed by atoms with Crippen molar-refractivity contribution in [2.75, 3.05) is 33.3 Å². The summed E-state index contributed by atoms with van der Waals surface area (Å²) in [6.45, 7) is 2.59. The molecule has 1 atom stereocenters. The van der Waals surface area contributed by atoms with Crippen molar-refractivity contribution in [2.45, 2.75) is 12.5 Å². The van der Waals surface area contributed by atoms with Gasteiger partial charge in [0.15, 0.2) is 0 Å². The van der Waals surface area contributed by atoms with Gasteiger partial charge in [0, 0.05) is 19.6 Å². The minimum atomic E-state index is 0.0619. The Labute approximate surface area is 113 Å². The number of rotatable bonds is 4. The number of nitrogens with zero attached hydrogens (tertiary/aromatic N) is 1. The molecule has 1 amide bonds. The van der Waals surface area contributed by atoms with Crippen molar-refractivity contribution >= 4 is 5.91 Å². The molecule has 5 nitrogen and oxygen atoms in total. The third kappa shape index (κ3) is 3.94. The summed E-state index contributed by atoms with van der Waals surface area (Å²) in [5, 5.41) is 12.5. The second kappa shape index (κ2) is 6.54. The number of amides is 1. The lowest BCUT2D eigenvalue weighted by Gasteiger charge is -2.33. The van der Waals surface area contributed by atoms with Crippen LogP contribution in [-0.2, 0) is 16.0 Å². The third-order valence-corrected chi connectivity index (χ3v) is 3.19. The number of carbonyl (C=O) groups is 1. The van der Waals surface area contributed by atoms with Crippen LogP contribution in [0, 0.1) is 0 Å². The molecule has 0 aromatic heterocycles. The second-order valence-electron chi connectivity index (χ2n) is 4.74. The van der Waals surface area contributed by atoms with E-state index < -0.39 is 0 Å². The maximum Gasteiger partial charge on any atom is 0.227 e. The minimum Gasteiger partial charge on any atom is -0.508 e. The number of morpholine rings is 1. The molecule has 104 valence electrons. The van der Waals surface area contributed by atoms with Crippen LogP contribution in [0.15, 0.2) is 24.3 Å². The van der Waals surface area contributed by atoms with Crippen molar-refractivity contribution in [3.05, 3.63) is 29.8 Å². The summed E-state index contributed by atoms with van der Waals surface area (Å²) in [4.78, 5) is 14.0. The van der Waals surface area contributed by atoms with E-state index in [2.05, 4.69) is 5.32 Å². The van der Waals surface area contributed by atoms with E-state index in [1.807, 2.05) is 18.0 Å². The predicted octanol–water partition coefficient (Wildman–Crippen LogP) is 0.381. The topological polar surface area (TPSA) is 61.8 Å². The van der Waals surface area contributed by atoms with Crippen LogP contribution in [0.2, 0.25) is 0 Å². The van der Waals surface area contributed by atoms with Crippen molar-refractivity contribution in [2.24, 2.45) is 0 Å². The van der Waals surface area contributed by atoms with Gasteiger partial charge in [0.1, 0.15) is 5.75 Å². The van der Waals surface area contributed by atoms with Gasteiger partial charge < -0.3 is 20.1 Å². The number of nitrogens with one attached hydrogen (secondary N) is 1. The number of hydrogen-bond acceptors (Lipinski definition) is 4. The molecular weight excluding hydrogens is 244 g/mol. The van der Waals surface area contributed by atoms with E-state index in [0.29, 0.717) is 26.1 Å². The average Bonchev–Trinajstić information content (AvgIpc) is 2.39. The Balaban J connectivity index is 1.92. The molecule has 1 unspecified atom stereocenters. The molecule has 0 saturated carbocycles. The van der Waals surface area contributed by atoms with Gasteiger partial charge in [0.05, 0.1) is 19.1 Å². The molecule has 0 radical (unpaired) electrons. The maximum absolute atomic E-state index is 12.2. The van der Waals surface area contributed by atoms with Crippen molar-refractivity contribution in [3.8, 4) is 5.75 Å². The number of carbonyl (C=O) groups excluding carboxylic acids is 1. The highest BCUT2D eigenvalue weighted by Crippen LogP contribution is 2.13. The van der Waals surface area contributed by atoms with Gasteiger partial charge in [-0.3, -0.25) is 4.79 Å². The number of phenolic OH excluding ortho intramolecular Hbond substituents is 1. The highest BCUT2D eigenvalue weighted by molar-refractivity contribution is 5.79. The Hall–Kier alpha value is -1.59. The third-order valence-electron chi connectivity index (χ3n) is 3.19. The van der Waals surface area contributed by atoms with Crippen LogP contribution in [0.4, 0.5) is 0 Å². The zero-order valence-electron chi connectivity index (χ0n) is 11.1. The van der Waals surface area contributed by atoms with Crippen molar-refractivity contribution < 1.29 is 14.6 Å². The Morgan fingerprint density at radius 1 is 1.58 bits per heavy atom. The van der Waals surface area contributed by atoms with Crippen LogP contribution in [0.25, 0.3) is 0 Å². The van der Waals surface area contributed by atoms with Crippen molar-refractivity contribution in [1.29, 1.82) is 0 Å². The molecule has 5 heteroatoms. The summed E-state index contributed by atoms with van der Waals surface area (Å²) < 4.78 is 5.57. The van der Waals surface area contributed by atoms with Gasteiger partial charge in [0.2, 0.25) is 5.91 Å². The summed E-state index contributed by atoms with van der Waals surface area (Å²) >= 11 is 0. The first-order valence-electron chi connectivity index (χ1n) is 6.51. The monoisotopic (exact) mass is 264 g/mol. The van der Waals surface area contributed by atoms with Crippen LogP contribution in [0.1, 0.15) is 5.56 Å². The van der Waals surface area contributed by atoms with E-state index in [9.17, 15) is 9.90 Å². The van der Waals surface area contributed by atoms with Gasteiger partial charge in [-0.1, -0.05) is 12.1 Å². The first kappa shape index (κ1) is 13.8. The van der Waals surface area contributed by atoms with Crippen molar-refractivity contribution in [1.82, 2.24) is 10.2 Å². The number of phenols is 1. The maximum atomic E-state index is 12.2. The fraction of sp³-hybridized carbons (Fsp3) is 0.500. The number of ether oxygens (including phenoxy) is 1. The summed E-state index contributed by atoms with van der Waals surface area (Å²) in [5.41, 5.74) is 0.835. The zero-order valence-corrected chi connectivity index (χ0v) is 11.1. The number of likely N-dealkylation sites (N-methyl/N-ethyl adjacent to an activating group) is 1. The van der Waals surface area contributed by atoms with Crippen LogP contribution >= 0.6 is 0 Å². The van der Waals surface area contributed by atoms with E-state index in [4.69, 9.17) is 4.74 Å². The molecule has 0 spiro atoms. The standard InChI is InChI=1S/C14H20N2O3/c1-15-9-13-10-16(5-6-19-13)14(18)8-11-3-2-4-12(17)7-11/h2-4,7,13,15,17H,5-6,8-10H2,1H3. The quantitative estimate of drug-likeness (QED) is 0.825. The van der Waals surface area contributed by atoms with Gasteiger partial charge in [-0.2, -0.15) is 0 Å². The van der Waals surface area contributed by atoms with Crippen LogP contribution in [0.5, 0.6) is 5.75 Å². The first-order valence-corrected chi connectivity index (χ1v) is 6.51. The lowest BCUT2D eigenvalue weighted by atomic mass is 10.1. The Morgan fingerprint density at radius 2 is 2.42 bits per heavy atom. The Kier molecular flexibility index (Phi) is 4.76. The van der Waals surface area contributed by atoms with E-state index in [1.165, 1.54) is 0 Å². The molecule has 2 N–H and O–H groups in total. The summed E-state index contributed by atoms with van der Waals surface area (Å²) in [7, 11) is 1.87. The van der Waals surface area contributed by atoms with Crippen molar-refractivity contribution in [3.63, 3.8) is 0 Å². The molecule has 19 heavy (non-hydrogen) atoms. The van der Waals surface area contributed by atoms with Crippen LogP contribution in [0.3, 0.4) is 0 Å². The fourth-order valence-corrected chi connectivity index (χ4v) is 2.25. The molecule has 2 rings (SSSR count). The highest BCUT2D eigenvalue weighted by Gasteiger charge is 2.23. The molecule has 1 saturated heterocycles. The normalized spacial score (nSPS) is 19.4. The second-order valence-corrected chi connectivity index (χ2v) is 4.74. The molecular formula is C14H20N2O3. The van der Waals surface area contributed by atoms with Gasteiger partial charge in [0.25, 0.3) is 0 Å². The summed E-state index contributed by atoms with van der Waals surface area (Å²) in [5.74, 6) is 0.273. The molecule has 1 fully saturated rings. The molecule has 0 bridgehead atoms. The highest BCUT2D eigenvalue weighted by atomic mass is 16.5. The molecule has 1 aliphatic rings. The molecule has 1 aromatic rings. The molecule has 1 aromatic carbocycles.